The maximum atomic E-state index is 5.98. The minimum Gasteiger partial charge on any atom is -0.381 e. The molecule has 1 aliphatic heterocycles. The van der Waals surface area contributed by atoms with E-state index in [1.54, 1.807) is 0 Å². The number of hydrogen-bond acceptors (Lipinski definition) is 3. The van der Waals surface area contributed by atoms with Gasteiger partial charge in [-0.2, -0.15) is 0 Å². The molecule has 18 heavy (non-hydrogen) atoms. The molecule has 1 saturated heterocycles. The van der Waals surface area contributed by atoms with Gasteiger partial charge in [0, 0.05) is 25.9 Å². The molecule has 0 aromatic heterocycles. The number of hydrogen-bond donors (Lipinski definition) is 1. The third-order valence-electron chi connectivity index (χ3n) is 4.43. The van der Waals surface area contributed by atoms with E-state index in [2.05, 4.69) is 12.2 Å². The second-order valence-corrected chi connectivity index (χ2v) is 5.80. The van der Waals surface area contributed by atoms with E-state index < -0.39 is 0 Å². The van der Waals surface area contributed by atoms with E-state index in [0.29, 0.717) is 6.04 Å². The van der Waals surface area contributed by atoms with Crippen LogP contribution in [-0.2, 0) is 9.47 Å². The van der Waals surface area contributed by atoms with Crippen molar-refractivity contribution < 1.29 is 9.47 Å². The Morgan fingerprint density at radius 2 is 1.89 bits per heavy atom. The van der Waals surface area contributed by atoms with Crippen molar-refractivity contribution in [1.82, 2.24) is 5.32 Å². The molecular weight excluding hydrogens is 226 g/mol. The summed E-state index contributed by atoms with van der Waals surface area (Å²) in [5.74, 6) is 1.57. The molecule has 3 heteroatoms. The van der Waals surface area contributed by atoms with Crippen molar-refractivity contribution in [2.24, 2.45) is 11.8 Å². The molecule has 0 aromatic carbocycles. The monoisotopic (exact) mass is 255 g/mol. The Morgan fingerprint density at radius 1 is 1.17 bits per heavy atom. The van der Waals surface area contributed by atoms with Crippen LogP contribution in [0, 0.1) is 11.8 Å². The van der Waals surface area contributed by atoms with Crippen LogP contribution in [0.3, 0.4) is 0 Å². The molecule has 1 aliphatic carbocycles. The Balaban J connectivity index is 1.64. The quantitative estimate of drug-likeness (QED) is 0.758. The first-order valence-electron chi connectivity index (χ1n) is 7.79. The van der Waals surface area contributed by atoms with Crippen molar-refractivity contribution in [3.05, 3.63) is 0 Å². The fourth-order valence-electron chi connectivity index (χ4n) is 3.26. The summed E-state index contributed by atoms with van der Waals surface area (Å²) in [6.07, 6.45) is 7.94. The first kappa shape index (κ1) is 14.3. The highest BCUT2D eigenvalue weighted by atomic mass is 16.5. The van der Waals surface area contributed by atoms with E-state index in [-0.39, 0.29) is 0 Å². The molecule has 0 aromatic rings. The third kappa shape index (κ3) is 4.52. The van der Waals surface area contributed by atoms with E-state index in [4.69, 9.17) is 9.47 Å². The molecule has 2 fully saturated rings. The van der Waals surface area contributed by atoms with Crippen molar-refractivity contribution >= 4 is 0 Å². The Morgan fingerprint density at radius 3 is 2.56 bits per heavy atom. The minimum absolute atomic E-state index is 0.581. The van der Waals surface area contributed by atoms with Crippen LogP contribution in [-0.4, -0.2) is 39.0 Å². The lowest BCUT2D eigenvalue weighted by atomic mass is 9.98. The predicted molar refractivity (Wildman–Crippen MR) is 73.8 cm³/mol. The summed E-state index contributed by atoms with van der Waals surface area (Å²) in [5, 5.41) is 3.61. The molecular formula is C15H29NO2. The van der Waals surface area contributed by atoms with Crippen LogP contribution >= 0.6 is 0 Å². The molecule has 0 amide bonds. The summed E-state index contributed by atoms with van der Waals surface area (Å²) >= 11 is 0. The van der Waals surface area contributed by atoms with E-state index in [1.165, 1.54) is 38.5 Å². The fourth-order valence-corrected chi connectivity index (χ4v) is 3.26. The van der Waals surface area contributed by atoms with E-state index in [1.807, 2.05) is 0 Å². The molecule has 2 rings (SSSR count). The van der Waals surface area contributed by atoms with Crippen molar-refractivity contribution in [3.8, 4) is 0 Å². The number of nitrogens with one attached hydrogen (secondary N) is 1. The second kappa shape index (κ2) is 8.13. The zero-order chi connectivity index (χ0) is 12.6. The van der Waals surface area contributed by atoms with Gasteiger partial charge in [0.15, 0.2) is 0 Å². The highest BCUT2D eigenvalue weighted by Gasteiger charge is 2.24. The van der Waals surface area contributed by atoms with E-state index >= 15 is 0 Å². The van der Waals surface area contributed by atoms with Crippen LogP contribution < -0.4 is 5.32 Å². The topological polar surface area (TPSA) is 30.5 Å². The van der Waals surface area contributed by atoms with Gasteiger partial charge in [0.2, 0.25) is 0 Å². The van der Waals surface area contributed by atoms with Crippen LogP contribution in [0.4, 0.5) is 0 Å². The zero-order valence-corrected chi connectivity index (χ0v) is 11.8. The molecule has 3 nitrogen and oxygen atoms in total. The van der Waals surface area contributed by atoms with Gasteiger partial charge in [0.25, 0.3) is 0 Å². The van der Waals surface area contributed by atoms with Gasteiger partial charge >= 0.3 is 0 Å². The van der Waals surface area contributed by atoms with Crippen molar-refractivity contribution in [1.29, 1.82) is 0 Å². The third-order valence-corrected chi connectivity index (χ3v) is 4.43. The Hall–Kier alpha value is -0.120. The van der Waals surface area contributed by atoms with Crippen molar-refractivity contribution in [2.75, 3.05) is 33.0 Å². The smallest absolute Gasteiger partial charge is 0.0622 e. The lowest BCUT2D eigenvalue weighted by molar-refractivity contribution is 0.0112. The Bertz CT molecular complexity index is 211. The van der Waals surface area contributed by atoms with Gasteiger partial charge < -0.3 is 14.8 Å². The average molecular weight is 255 g/mol. The van der Waals surface area contributed by atoms with Gasteiger partial charge in [-0.3, -0.25) is 0 Å². The molecule has 0 bridgehead atoms. The summed E-state index contributed by atoms with van der Waals surface area (Å²) in [6, 6.07) is 0.581. The lowest BCUT2D eigenvalue weighted by Gasteiger charge is -2.26. The zero-order valence-electron chi connectivity index (χ0n) is 11.8. The molecule has 2 aliphatic rings. The average Bonchev–Trinajstić information content (AvgIpc) is 2.93. The van der Waals surface area contributed by atoms with Crippen LogP contribution in [0.5, 0.6) is 0 Å². The van der Waals surface area contributed by atoms with Gasteiger partial charge in [0.1, 0.15) is 0 Å². The van der Waals surface area contributed by atoms with Gasteiger partial charge in [-0.1, -0.05) is 19.8 Å². The van der Waals surface area contributed by atoms with Crippen molar-refractivity contribution in [2.45, 2.75) is 51.5 Å². The van der Waals surface area contributed by atoms with Crippen LogP contribution in [0.2, 0.25) is 0 Å². The largest absolute Gasteiger partial charge is 0.381 e. The minimum atomic E-state index is 0.581. The molecule has 1 heterocycles. The van der Waals surface area contributed by atoms with E-state index in [0.717, 1.165) is 44.8 Å². The number of ether oxygens (including phenoxy) is 2. The number of rotatable bonds is 7. The Kier molecular flexibility index (Phi) is 6.46. The normalized spacial score (nSPS) is 24.5. The summed E-state index contributed by atoms with van der Waals surface area (Å²) in [6.45, 7) is 6.93. The Labute approximate surface area is 112 Å². The molecule has 0 radical (unpaired) electrons. The summed E-state index contributed by atoms with van der Waals surface area (Å²) in [7, 11) is 0. The summed E-state index contributed by atoms with van der Waals surface area (Å²) in [4.78, 5) is 0. The molecule has 1 atom stereocenters. The van der Waals surface area contributed by atoms with Crippen LogP contribution in [0.15, 0.2) is 0 Å². The molecule has 1 unspecified atom stereocenters. The molecule has 1 saturated carbocycles. The predicted octanol–water partition coefficient (Wildman–Crippen LogP) is 2.60. The molecule has 1 N–H and O–H groups in total. The maximum absolute atomic E-state index is 5.98. The summed E-state index contributed by atoms with van der Waals surface area (Å²) in [5.41, 5.74) is 0. The van der Waals surface area contributed by atoms with Crippen LogP contribution in [0.25, 0.3) is 0 Å². The SMILES string of the molecule is CCNC(COCC1CCOCC1)C1CCCC1. The highest BCUT2D eigenvalue weighted by molar-refractivity contribution is 4.80. The molecule has 106 valence electrons. The lowest BCUT2D eigenvalue weighted by Crippen LogP contribution is -2.39. The maximum Gasteiger partial charge on any atom is 0.0622 e. The first-order valence-corrected chi connectivity index (χ1v) is 7.79. The summed E-state index contributed by atoms with van der Waals surface area (Å²) < 4.78 is 11.4. The number of likely N-dealkylation sites (N-methyl/N-ethyl adjacent to an activating group) is 1. The van der Waals surface area contributed by atoms with Gasteiger partial charge in [-0.25, -0.2) is 0 Å². The second-order valence-electron chi connectivity index (χ2n) is 5.80. The van der Waals surface area contributed by atoms with Gasteiger partial charge in [-0.05, 0) is 44.1 Å². The van der Waals surface area contributed by atoms with Crippen molar-refractivity contribution in [3.63, 3.8) is 0 Å². The van der Waals surface area contributed by atoms with Gasteiger partial charge in [0.05, 0.1) is 6.61 Å². The van der Waals surface area contributed by atoms with Gasteiger partial charge in [-0.15, -0.1) is 0 Å². The van der Waals surface area contributed by atoms with E-state index in [9.17, 15) is 0 Å². The molecule has 0 spiro atoms. The standard InChI is InChI=1S/C15H29NO2/c1-2-16-15(14-5-3-4-6-14)12-18-11-13-7-9-17-10-8-13/h13-16H,2-12H2,1H3. The fraction of sp³-hybridized carbons (Fsp3) is 1.00. The highest BCUT2D eigenvalue weighted by Crippen LogP contribution is 2.28. The van der Waals surface area contributed by atoms with Crippen LogP contribution in [0.1, 0.15) is 45.4 Å². The first-order chi connectivity index (χ1) is 8.90.